The lowest BCUT2D eigenvalue weighted by Gasteiger charge is -2.28. The van der Waals surface area contributed by atoms with E-state index in [0.717, 1.165) is 30.7 Å². The second-order valence-electron chi connectivity index (χ2n) is 4.79. The zero-order chi connectivity index (χ0) is 13.8. The van der Waals surface area contributed by atoms with Gasteiger partial charge in [0.1, 0.15) is 0 Å². The number of nitrogens with zero attached hydrogens (tertiary/aromatic N) is 1. The van der Waals surface area contributed by atoms with Crippen LogP contribution in [0.1, 0.15) is 19.8 Å². The Kier molecular flexibility index (Phi) is 4.00. The average molecular weight is 259 g/mol. The average Bonchev–Trinajstić information content (AvgIpc) is 3.22. The van der Waals surface area contributed by atoms with Crippen LogP contribution >= 0.6 is 0 Å². The molecule has 1 fully saturated rings. The molecule has 1 saturated carbocycles. The van der Waals surface area contributed by atoms with Gasteiger partial charge < -0.3 is 10.0 Å². The molecule has 1 aliphatic carbocycles. The Morgan fingerprint density at radius 1 is 1.26 bits per heavy atom. The van der Waals surface area contributed by atoms with E-state index in [1.165, 1.54) is 0 Å². The van der Waals surface area contributed by atoms with Gasteiger partial charge in [-0.15, -0.1) is 0 Å². The summed E-state index contributed by atoms with van der Waals surface area (Å²) in [6, 6.07) is 9.46. The van der Waals surface area contributed by atoms with Crippen LogP contribution in [-0.4, -0.2) is 23.0 Å². The standard InChI is InChI=1S/C15H17NO3/c1-11(12-7-8-12)16(13-5-3-2-4-6-13)14(17)9-10-15(18)19/h2-6,9-12H,7-8H2,1H3,(H,18,19). The molecule has 19 heavy (non-hydrogen) atoms. The molecule has 0 aliphatic heterocycles. The molecule has 4 heteroatoms. The molecule has 2 rings (SSSR count). The predicted molar refractivity (Wildman–Crippen MR) is 72.9 cm³/mol. The van der Waals surface area contributed by atoms with Crippen molar-refractivity contribution in [2.45, 2.75) is 25.8 Å². The van der Waals surface area contributed by atoms with Crippen molar-refractivity contribution < 1.29 is 14.7 Å². The van der Waals surface area contributed by atoms with Gasteiger partial charge in [-0.1, -0.05) is 18.2 Å². The number of benzene rings is 1. The normalized spacial score (nSPS) is 16.3. The molecule has 0 radical (unpaired) electrons. The number of para-hydroxylation sites is 1. The first-order valence-electron chi connectivity index (χ1n) is 6.39. The summed E-state index contributed by atoms with van der Waals surface area (Å²) in [6.45, 7) is 2.01. The van der Waals surface area contributed by atoms with E-state index in [0.29, 0.717) is 5.92 Å². The summed E-state index contributed by atoms with van der Waals surface area (Å²) < 4.78 is 0. The van der Waals surface area contributed by atoms with Gasteiger partial charge in [0.05, 0.1) is 0 Å². The maximum absolute atomic E-state index is 12.2. The minimum atomic E-state index is -1.11. The van der Waals surface area contributed by atoms with E-state index in [1.54, 1.807) is 4.90 Å². The second-order valence-corrected chi connectivity index (χ2v) is 4.79. The third-order valence-electron chi connectivity index (χ3n) is 3.35. The van der Waals surface area contributed by atoms with Gasteiger partial charge in [0.15, 0.2) is 0 Å². The maximum atomic E-state index is 12.2. The van der Waals surface area contributed by atoms with Gasteiger partial charge in [-0.25, -0.2) is 4.79 Å². The zero-order valence-corrected chi connectivity index (χ0v) is 10.8. The molecule has 0 heterocycles. The lowest BCUT2D eigenvalue weighted by atomic mass is 10.1. The summed E-state index contributed by atoms with van der Waals surface area (Å²) >= 11 is 0. The van der Waals surface area contributed by atoms with Crippen LogP contribution in [0.25, 0.3) is 0 Å². The van der Waals surface area contributed by atoms with Crippen LogP contribution in [-0.2, 0) is 9.59 Å². The minimum Gasteiger partial charge on any atom is -0.478 e. The highest BCUT2D eigenvalue weighted by molar-refractivity contribution is 6.04. The van der Waals surface area contributed by atoms with E-state index in [2.05, 4.69) is 0 Å². The zero-order valence-electron chi connectivity index (χ0n) is 10.8. The van der Waals surface area contributed by atoms with Gasteiger partial charge in [0, 0.05) is 23.9 Å². The van der Waals surface area contributed by atoms with Crippen LogP contribution in [0.4, 0.5) is 5.69 Å². The van der Waals surface area contributed by atoms with E-state index in [9.17, 15) is 9.59 Å². The van der Waals surface area contributed by atoms with E-state index in [1.807, 2.05) is 37.3 Å². The quantitative estimate of drug-likeness (QED) is 0.826. The molecule has 0 bridgehead atoms. The van der Waals surface area contributed by atoms with Crippen molar-refractivity contribution >= 4 is 17.6 Å². The molecule has 1 aliphatic rings. The molecule has 100 valence electrons. The van der Waals surface area contributed by atoms with Crippen LogP contribution in [0, 0.1) is 5.92 Å². The molecule has 1 aromatic rings. The van der Waals surface area contributed by atoms with Gasteiger partial charge in [-0.3, -0.25) is 4.79 Å². The molecular weight excluding hydrogens is 242 g/mol. The van der Waals surface area contributed by atoms with Gasteiger partial charge >= 0.3 is 5.97 Å². The number of carboxylic acid groups (broad SMARTS) is 1. The molecular formula is C15H17NO3. The van der Waals surface area contributed by atoms with Gasteiger partial charge in [0.2, 0.25) is 0 Å². The van der Waals surface area contributed by atoms with E-state index >= 15 is 0 Å². The topological polar surface area (TPSA) is 57.6 Å². The second kappa shape index (κ2) is 5.69. The Bertz CT molecular complexity index is 491. The maximum Gasteiger partial charge on any atom is 0.328 e. The molecule has 1 N–H and O–H groups in total. The smallest absolute Gasteiger partial charge is 0.328 e. The van der Waals surface area contributed by atoms with Crippen LogP contribution in [0.2, 0.25) is 0 Å². The largest absolute Gasteiger partial charge is 0.478 e. The first kappa shape index (κ1) is 13.3. The number of hydrogen-bond acceptors (Lipinski definition) is 2. The fourth-order valence-corrected chi connectivity index (χ4v) is 2.16. The van der Waals surface area contributed by atoms with Crippen molar-refractivity contribution in [3.05, 3.63) is 42.5 Å². The first-order valence-corrected chi connectivity index (χ1v) is 6.39. The summed E-state index contributed by atoms with van der Waals surface area (Å²) in [6.07, 6.45) is 4.26. The Balaban J connectivity index is 2.23. The number of amides is 1. The SMILES string of the molecule is CC(C1CC1)N(C(=O)C=CC(=O)O)c1ccccc1. The Morgan fingerprint density at radius 3 is 2.42 bits per heavy atom. The summed E-state index contributed by atoms with van der Waals surface area (Å²) in [7, 11) is 0. The van der Waals surface area contributed by atoms with Crippen molar-refractivity contribution in [1.82, 2.24) is 0 Å². The number of carboxylic acids is 1. The number of anilines is 1. The summed E-state index contributed by atoms with van der Waals surface area (Å²) in [5.74, 6) is -0.879. The molecule has 1 unspecified atom stereocenters. The van der Waals surface area contributed by atoms with Crippen molar-refractivity contribution in [3.8, 4) is 0 Å². The highest BCUT2D eigenvalue weighted by Gasteiger charge is 2.34. The molecule has 1 aromatic carbocycles. The molecule has 0 aromatic heterocycles. The number of carbonyl (C=O) groups excluding carboxylic acids is 1. The van der Waals surface area contributed by atoms with Crippen molar-refractivity contribution in [2.24, 2.45) is 5.92 Å². The predicted octanol–water partition coefficient (Wildman–Crippen LogP) is 2.46. The van der Waals surface area contributed by atoms with Crippen LogP contribution in [0.5, 0.6) is 0 Å². The Labute approximate surface area is 112 Å². The first-order chi connectivity index (χ1) is 9.09. The number of hydrogen-bond donors (Lipinski definition) is 1. The highest BCUT2D eigenvalue weighted by atomic mass is 16.4. The van der Waals surface area contributed by atoms with E-state index < -0.39 is 5.97 Å². The number of aliphatic carboxylic acids is 1. The highest BCUT2D eigenvalue weighted by Crippen LogP contribution is 2.37. The Hall–Kier alpha value is -2.10. The molecule has 4 nitrogen and oxygen atoms in total. The van der Waals surface area contributed by atoms with E-state index in [4.69, 9.17) is 5.11 Å². The molecule has 0 saturated heterocycles. The summed E-state index contributed by atoms with van der Waals surface area (Å²) in [5, 5.41) is 8.62. The van der Waals surface area contributed by atoms with Crippen molar-refractivity contribution in [3.63, 3.8) is 0 Å². The lowest BCUT2D eigenvalue weighted by Crippen LogP contribution is -2.39. The Morgan fingerprint density at radius 2 is 1.89 bits per heavy atom. The fraction of sp³-hybridized carbons (Fsp3) is 0.333. The molecule has 1 amide bonds. The van der Waals surface area contributed by atoms with Crippen LogP contribution in [0.3, 0.4) is 0 Å². The fourth-order valence-electron chi connectivity index (χ4n) is 2.16. The van der Waals surface area contributed by atoms with Crippen LogP contribution < -0.4 is 4.90 Å². The monoisotopic (exact) mass is 259 g/mol. The van der Waals surface area contributed by atoms with Gasteiger partial charge in [-0.2, -0.15) is 0 Å². The molecule has 1 atom stereocenters. The molecule has 0 spiro atoms. The van der Waals surface area contributed by atoms with E-state index in [-0.39, 0.29) is 11.9 Å². The minimum absolute atomic E-state index is 0.0911. The van der Waals surface area contributed by atoms with Crippen LogP contribution in [0.15, 0.2) is 42.5 Å². The van der Waals surface area contributed by atoms with Gasteiger partial charge in [0.25, 0.3) is 5.91 Å². The summed E-state index contributed by atoms with van der Waals surface area (Å²) in [5.41, 5.74) is 0.807. The van der Waals surface area contributed by atoms with Crippen molar-refractivity contribution in [2.75, 3.05) is 4.90 Å². The third kappa shape index (κ3) is 3.44. The number of carbonyl (C=O) groups is 2. The van der Waals surface area contributed by atoms with Gasteiger partial charge in [-0.05, 0) is 37.8 Å². The summed E-state index contributed by atoms with van der Waals surface area (Å²) in [4.78, 5) is 24.4. The van der Waals surface area contributed by atoms with Crippen molar-refractivity contribution in [1.29, 1.82) is 0 Å². The third-order valence-corrected chi connectivity index (χ3v) is 3.35. The lowest BCUT2D eigenvalue weighted by molar-refractivity contribution is -0.131. The number of rotatable bonds is 5.